The molecule has 3 rings (SSSR count). The Labute approximate surface area is 162 Å². The van der Waals surface area contributed by atoms with E-state index in [9.17, 15) is 18.0 Å². The molecule has 0 aliphatic heterocycles. The van der Waals surface area contributed by atoms with Gasteiger partial charge in [-0.05, 0) is 30.7 Å². The molecule has 0 aliphatic rings. The summed E-state index contributed by atoms with van der Waals surface area (Å²) in [5.74, 6) is 0.244. The minimum Gasteiger partial charge on any atom is -0.456 e. The maximum atomic E-state index is 12.5. The van der Waals surface area contributed by atoms with E-state index in [1.165, 1.54) is 24.3 Å². The molecule has 2 N–H and O–H groups in total. The quantitative estimate of drug-likeness (QED) is 0.618. The number of nitrogens with one attached hydrogen (secondary N) is 2. The highest BCUT2D eigenvalue weighted by Gasteiger charge is 2.18. The van der Waals surface area contributed by atoms with Gasteiger partial charge < -0.3 is 9.73 Å². The van der Waals surface area contributed by atoms with E-state index in [-0.39, 0.29) is 16.1 Å². The predicted octanol–water partition coefficient (Wildman–Crippen LogP) is 3.25. The van der Waals surface area contributed by atoms with E-state index >= 15 is 0 Å². The number of amides is 2. The fourth-order valence-electron chi connectivity index (χ4n) is 2.66. The van der Waals surface area contributed by atoms with Crippen LogP contribution in [0.4, 0.5) is 4.79 Å². The lowest BCUT2D eigenvalue weighted by Gasteiger charge is -2.09. The van der Waals surface area contributed by atoms with Crippen LogP contribution in [0.3, 0.4) is 0 Å². The van der Waals surface area contributed by atoms with Crippen LogP contribution in [0.2, 0.25) is 0 Å². The Balaban J connectivity index is 1.90. The summed E-state index contributed by atoms with van der Waals surface area (Å²) in [6, 6.07) is 13.2. The minimum absolute atomic E-state index is 0.105. The van der Waals surface area contributed by atoms with Gasteiger partial charge in [-0.25, -0.2) is 17.9 Å². The first-order valence-corrected chi connectivity index (χ1v) is 10.3. The van der Waals surface area contributed by atoms with Crippen LogP contribution in [0.5, 0.6) is 0 Å². The highest BCUT2D eigenvalue weighted by molar-refractivity contribution is 7.90. The number of para-hydroxylation sites is 1. The van der Waals surface area contributed by atoms with Crippen LogP contribution < -0.4 is 15.5 Å². The first-order valence-electron chi connectivity index (χ1n) is 8.84. The van der Waals surface area contributed by atoms with E-state index in [1.807, 2.05) is 11.6 Å². The minimum atomic E-state index is -4.06. The highest BCUT2D eigenvalue weighted by Crippen LogP contribution is 2.24. The second kappa shape index (κ2) is 8.26. The van der Waals surface area contributed by atoms with Crippen molar-refractivity contribution < 1.29 is 17.6 Å². The van der Waals surface area contributed by atoms with Crippen LogP contribution in [0, 0.1) is 0 Å². The molecule has 0 bridgehead atoms. The Hall–Kier alpha value is -3.13. The summed E-state index contributed by atoms with van der Waals surface area (Å²) in [5.41, 5.74) is 0.599. The Morgan fingerprint density at radius 2 is 1.86 bits per heavy atom. The monoisotopic (exact) mass is 400 g/mol. The lowest BCUT2D eigenvalue weighted by atomic mass is 10.1. The summed E-state index contributed by atoms with van der Waals surface area (Å²) in [6.45, 7) is 2.35. The molecule has 0 saturated heterocycles. The van der Waals surface area contributed by atoms with E-state index in [1.54, 1.807) is 30.3 Å². The normalized spacial score (nSPS) is 11.3. The van der Waals surface area contributed by atoms with Crippen molar-refractivity contribution in [3.63, 3.8) is 0 Å². The zero-order chi connectivity index (χ0) is 20.1. The molecule has 0 radical (unpaired) electrons. The molecule has 0 saturated carbocycles. The van der Waals surface area contributed by atoms with E-state index in [0.717, 1.165) is 12.8 Å². The zero-order valence-corrected chi connectivity index (χ0v) is 16.1. The molecule has 1 heterocycles. The van der Waals surface area contributed by atoms with Crippen molar-refractivity contribution in [1.29, 1.82) is 0 Å². The molecule has 8 heteroatoms. The number of urea groups is 1. The Bertz CT molecular complexity index is 1170. The van der Waals surface area contributed by atoms with Crippen molar-refractivity contribution in [2.24, 2.45) is 0 Å². The largest absolute Gasteiger partial charge is 0.456 e. The van der Waals surface area contributed by atoms with Crippen molar-refractivity contribution in [3.05, 3.63) is 64.8 Å². The van der Waals surface area contributed by atoms with Crippen LogP contribution in [-0.4, -0.2) is 21.0 Å². The van der Waals surface area contributed by atoms with Gasteiger partial charge in [0, 0.05) is 18.2 Å². The number of carbonyl (C=O) groups is 1. The summed E-state index contributed by atoms with van der Waals surface area (Å²) < 4.78 is 32.7. The molecule has 146 valence electrons. The second-order valence-electron chi connectivity index (χ2n) is 6.21. The third-order valence-corrected chi connectivity index (χ3v) is 5.44. The van der Waals surface area contributed by atoms with Gasteiger partial charge in [-0.15, -0.1) is 0 Å². The van der Waals surface area contributed by atoms with Crippen molar-refractivity contribution in [1.82, 2.24) is 10.0 Å². The summed E-state index contributed by atoms with van der Waals surface area (Å²) in [4.78, 5) is 24.0. The van der Waals surface area contributed by atoms with Crippen LogP contribution in [0.1, 0.15) is 19.8 Å². The average molecular weight is 400 g/mol. The van der Waals surface area contributed by atoms with Gasteiger partial charge in [0.15, 0.2) is 5.43 Å². The van der Waals surface area contributed by atoms with Crippen LogP contribution in [-0.2, 0) is 10.0 Å². The molecule has 0 aliphatic carbocycles. The highest BCUT2D eigenvalue weighted by atomic mass is 32.2. The lowest BCUT2D eigenvalue weighted by Crippen LogP contribution is -2.39. The molecular weight excluding hydrogens is 380 g/mol. The number of hydrogen-bond donors (Lipinski definition) is 2. The molecule has 0 unspecified atom stereocenters. The van der Waals surface area contributed by atoms with Gasteiger partial charge in [-0.2, -0.15) is 0 Å². The molecule has 0 fully saturated rings. The third kappa shape index (κ3) is 4.40. The van der Waals surface area contributed by atoms with Crippen molar-refractivity contribution in [2.45, 2.75) is 24.7 Å². The molecule has 3 aromatic rings. The molecule has 7 nitrogen and oxygen atoms in total. The Morgan fingerprint density at radius 3 is 2.64 bits per heavy atom. The number of fused-ring (bicyclic) bond motifs is 1. The van der Waals surface area contributed by atoms with Crippen molar-refractivity contribution in [2.75, 3.05) is 6.54 Å². The molecule has 2 aromatic carbocycles. The topological polar surface area (TPSA) is 105 Å². The molecule has 0 atom stereocenters. The fourth-order valence-corrected chi connectivity index (χ4v) is 3.63. The van der Waals surface area contributed by atoms with E-state index in [4.69, 9.17) is 4.42 Å². The molecule has 1 aromatic heterocycles. The maximum Gasteiger partial charge on any atom is 0.328 e. The Morgan fingerprint density at radius 1 is 1.07 bits per heavy atom. The van der Waals surface area contributed by atoms with Crippen molar-refractivity contribution >= 4 is 27.0 Å². The predicted molar refractivity (Wildman–Crippen MR) is 107 cm³/mol. The standard InChI is InChI=1S/C20H20N2O5S/c1-2-3-11-21-20(24)22-28(25,26)15-8-6-7-14(12-15)19-13-17(23)16-9-4-5-10-18(16)27-19/h4-10,12-13H,2-3,11H2,1H3,(H2,21,22,24). The van der Waals surface area contributed by atoms with E-state index in [0.29, 0.717) is 23.1 Å². The van der Waals surface area contributed by atoms with Gasteiger partial charge in [0.25, 0.3) is 10.0 Å². The summed E-state index contributed by atoms with van der Waals surface area (Å²) >= 11 is 0. The maximum absolute atomic E-state index is 12.5. The number of hydrogen-bond acceptors (Lipinski definition) is 5. The summed E-state index contributed by atoms with van der Waals surface area (Å²) in [6.07, 6.45) is 1.63. The average Bonchev–Trinajstić information content (AvgIpc) is 2.68. The number of benzene rings is 2. The smallest absolute Gasteiger partial charge is 0.328 e. The SMILES string of the molecule is CCCCNC(=O)NS(=O)(=O)c1cccc(-c2cc(=O)c3ccccc3o2)c1. The van der Waals surface area contributed by atoms with E-state index in [2.05, 4.69) is 5.32 Å². The molecular formula is C20H20N2O5S. The van der Waals surface area contributed by atoms with Crippen LogP contribution >= 0.6 is 0 Å². The number of unbranched alkanes of at least 4 members (excludes halogenated alkanes) is 1. The van der Waals surface area contributed by atoms with Gasteiger partial charge in [0.1, 0.15) is 11.3 Å². The number of rotatable bonds is 6. The van der Waals surface area contributed by atoms with Gasteiger partial charge in [-0.3, -0.25) is 4.79 Å². The molecule has 2 amide bonds. The van der Waals surface area contributed by atoms with Gasteiger partial charge in [0.05, 0.1) is 10.3 Å². The number of carbonyl (C=O) groups excluding carboxylic acids is 1. The van der Waals surface area contributed by atoms with E-state index < -0.39 is 16.1 Å². The summed E-state index contributed by atoms with van der Waals surface area (Å²) in [7, 11) is -4.06. The fraction of sp³-hybridized carbons (Fsp3) is 0.200. The third-order valence-electron chi connectivity index (χ3n) is 4.11. The van der Waals surface area contributed by atoms with Gasteiger partial charge >= 0.3 is 6.03 Å². The van der Waals surface area contributed by atoms with Gasteiger partial charge in [-0.1, -0.05) is 37.6 Å². The Kier molecular flexibility index (Phi) is 5.79. The first kappa shape index (κ1) is 19.6. The summed E-state index contributed by atoms with van der Waals surface area (Å²) in [5, 5.41) is 2.94. The first-order chi connectivity index (χ1) is 13.4. The second-order valence-corrected chi connectivity index (χ2v) is 7.90. The van der Waals surface area contributed by atoms with Crippen LogP contribution in [0.25, 0.3) is 22.3 Å². The lowest BCUT2D eigenvalue weighted by molar-refractivity contribution is 0.245. The zero-order valence-electron chi connectivity index (χ0n) is 15.3. The van der Waals surface area contributed by atoms with Crippen molar-refractivity contribution in [3.8, 4) is 11.3 Å². The molecule has 0 spiro atoms. The van der Waals surface area contributed by atoms with Crippen LogP contribution in [0.15, 0.2) is 68.7 Å². The number of sulfonamides is 1. The van der Waals surface area contributed by atoms with Gasteiger partial charge in [0.2, 0.25) is 0 Å². The molecule has 28 heavy (non-hydrogen) atoms.